The van der Waals surface area contributed by atoms with E-state index in [1.165, 1.54) is 103 Å². The third kappa shape index (κ3) is 16.7. The SMILES string of the molecule is CCCCCCCCCCCCCCCCCCCCOc1ccc(C(=O)Oc2ccc(C(=O)Oc3cccc(-c4ccc(C(=O)Oc5ccc(C#N)cc5)cc4)c3)cc2)cc1. The van der Waals surface area contributed by atoms with Crippen LogP contribution in [0.15, 0.2) is 121 Å². The van der Waals surface area contributed by atoms with Gasteiger partial charge in [-0.15, -0.1) is 0 Å². The van der Waals surface area contributed by atoms with Gasteiger partial charge in [-0.05, 0) is 115 Å². The molecule has 0 aliphatic carbocycles. The van der Waals surface area contributed by atoms with Crippen LogP contribution in [0.25, 0.3) is 11.1 Å². The quantitative estimate of drug-likeness (QED) is 0.0292. The van der Waals surface area contributed by atoms with Gasteiger partial charge in [0.1, 0.15) is 23.0 Å². The first-order chi connectivity index (χ1) is 30.4. The summed E-state index contributed by atoms with van der Waals surface area (Å²) in [5, 5.41) is 8.96. The normalized spacial score (nSPS) is 10.8. The molecule has 0 aliphatic rings. The number of nitriles is 1. The summed E-state index contributed by atoms with van der Waals surface area (Å²) in [5.74, 6) is 0.103. The molecular weight excluding hydrogens is 775 g/mol. The van der Waals surface area contributed by atoms with Crippen molar-refractivity contribution in [3.05, 3.63) is 144 Å². The van der Waals surface area contributed by atoms with E-state index in [1.54, 1.807) is 115 Å². The molecule has 0 bridgehead atoms. The summed E-state index contributed by atoms with van der Waals surface area (Å²) in [5.41, 5.74) is 3.11. The van der Waals surface area contributed by atoms with Gasteiger partial charge < -0.3 is 18.9 Å². The molecule has 0 spiro atoms. The van der Waals surface area contributed by atoms with E-state index in [4.69, 9.17) is 24.2 Å². The second-order valence-electron chi connectivity index (χ2n) is 15.8. The van der Waals surface area contributed by atoms with Crippen LogP contribution in [0.5, 0.6) is 23.0 Å². The lowest BCUT2D eigenvalue weighted by atomic mass is 10.0. The molecule has 5 aromatic rings. The summed E-state index contributed by atoms with van der Waals surface area (Å²) >= 11 is 0. The molecule has 8 heteroatoms. The maximum atomic E-state index is 13.0. The summed E-state index contributed by atoms with van der Waals surface area (Å²) in [4.78, 5) is 38.4. The highest BCUT2D eigenvalue weighted by molar-refractivity contribution is 5.93. The number of carbonyl (C=O) groups excluding carboxylic acids is 3. The number of unbranched alkanes of at least 4 members (excludes halogenated alkanes) is 17. The van der Waals surface area contributed by atoms with Gasteiger partial charge in [0.15, 0.2) is 0 Å². The predicted molar refractivity (Wildman–Crippen MR) is 245 cm³/mol. The molecule has 0 heterocycles. The molecule has 324 valence electrons. The summed E-state index contributed by atoms with van der Waals surface area (Å²) in [6, 6.07) is 35.4. The molecule has 0 amide bonds. The van der Waals surface area contributed by atoms with Crippen molar-refractivity contribution in [2.45, 2.75) is 122 Å². The van der Waals surface area contributed by atoms with E-state index in [0.717, 1.165) is 29.7 Å². The van der Waals surface area contributed by atoms with Gasteiger partial charge in [-0.1, -0.05) is 140 Å². The first-order valence-electron chi connectivity index (χ1n) is 22.6. The Morgan fingerprint density at radius 1 is 0.419 bits per heavy atom. The van der Waals surface area contributed by atoms with E-state index < -0.39 is 17.9 Å². The minimum Gasteiger partial charge on any atom is -0.494 e. The molecule has 0 atom stereocenters. The fourth-order valence-corrected chi connectivity index (χ4v) is 7.17. The summed E-state index contributed by atoms with van der Waals surface area (Å²) in [6.07, 6.45) is 24.2. The van der Waals surface area contributed by atoms with Gasteiger partial charge in [0.2, 0.25) is 0 Å². The number of benzene rings is 5. The first-order valence-corrected chi connectivity index (χ1v) is 22.6. The lowest BCUT2D eigenvalue weighted by Crippen LogP contribution is -2.10. The van der Waals surface area contributed by atoms with Crippen LogP contribution >= 0.6 is 0 Å². The monoisotopic (exact) mass is 835 g/mol. The molecule has 0 radical (unpaired) electrons. The Morgan fingerprint density at radius 3 is 1.26 bits per heavy atom. The van der Waals surface area contributed by atoms with Crippen LogP contribution in [-0.4, -0.2) is 24.5 Å². The van der Waals surface area contributed by atoms with E-state index in [2.05, 4.69) is 6.92 Å². The molecule has 0 saturated heterocycles. The van der Waals surface area contributed by atoms with Crippen LogP contribution in [0.3, 0.4) is 0 Å². The molecule has 0 fully saturated rings. The first kappa shape index (κ1) is 46.9. The van der Waals surface area contributed by atoms with Gasteiger partial charge in [-0.2, -0.15) is 5.26 Å². The maximum Gasteiger partial charge on any atom is 0.343 e. The lowest BCUT2D eigenvalue weighted by molar-refractivity contribution is 0.0723. The minimum absolute atomic E-state index is 0.289. The Hall–Kier alpha value is -6.20. The molecule has 0 aromatic heterocycles. The Balaban J connectivity index is 0.935. The van der Waals surface area contributed by atoms with Crippen LogP contribution < -0.4 is 18.9 Å². The van der Waals surface area contributed by atoms with Crippen molar-refractivity contribution in [1.82, 2.24) is 0 Å². The maximum absolute atomic E-state index is 13.0. The number of hydrogen-bond acceptors (Lipinski definition) is 8. The standard InChI is InChI=1S/C54H61NO7/c1-2-3-4-5-6-7-8-9-10-11-12-13-14-15-16-17-18-19-39-59-48-35-29-45(30-36-48)53(57)61-50-37-31-46(32-38-50)54(58)62-51-22-20-21-47(40-51)43-25-27-44(28-26-43)52(56)60-49-33-23-42(41-55)24-34-49/h20-38,40H,2-19,39H2,1H3. The molecule has 0 unspecified atom stereocenters. The Morgan fingerprint density at radius 2 is 0.806 bits per heavy atom. The van der Waals surface area contributed by atoms with Crippen LogP contribution in [0.4, 0.5) is 0 Å². The Bertz CT molecular complexity index is 2140. The van der Waals surface area contributed by atoms with Gasteiger partial charge >= 0.3 is 17.9 Å². The molecule has 0 N–H and O–H groups in total. The lowest BCUT2D eigenvalue weighted by Gasteiger charge is -2.09. The molecule has 62 heavy (non-hydrogen) atoms. The number of carbonyl (C=O) groups is 3. The van der Waals surface area contributed by atoms with E-state index in [9.17, 15) is 14.4 Å². The number of nitrogens with zero attached hydrogens (tertiary/aromatic N) is 1. The fraction of sp³-hybridized carbons (Fsp3) is 0.370. The summed E-state index contributed by atoms with van der Waals surface area (Å²) < 4.78 is 22.5. The zero-order valence-electron chi connectivity index (χ0n) is 36.3. The summed E-state index contributed by atoms with van der Waals surface area (Å²) in [6.45, 7) is 2.93. The highest BCUT2D eigenvalue weighted by atomic mass is 16.5. The fourth-order valence-electron chi connectivity index (χ4n) is 7.17. The average Bonchev–Trinajstić information content (AvgIpc) is 3.30. The van der Waals surface area contributed by atoms with E-state index in [-0.39, 0.29) is 5.56 Å². The van der Waals surface area contributed by atoms with Crippen molar-refractivity contribution >= 4 is 17.9 Å². The second-order valence-corrected chi connectivity index (χ2v) is 15.8. The number of rotatable bonds is 27. The van der Waals surface area contributed by atoms with Crippen molar-refractivity contribution < 1.29 is 33.3 Å². The third-order valence-corrected chi connectivity index (χ3v) is 10.8. The minimum atomic E-state index is -0.568. The Kier molecular flexibility index (Phi) is 20.3. The Labute approximate surface area is 368 Å². The molecule has 5 rings (SSSR count). The van der Waals surface area contributed by atoms with Crippen molar-refractivity contribution in [1.29, 1.82) is 5.26 Å². The highest BCUT2D eigenvalue weighted by Gasteiger charge is 2.14. The topological polar surface area (TPSA) is 112 Å². The van der Waals surface area contributed by atoms with Gasteiger partial charge in [-0.3, -0.25) is 0 Å². The second kappa shape index (κ2) is 26.9. The van der Waals surface area contributed by atoms with Gasteiger partial charge in [-0.25, -0.2) is 14.4 Å². The van der Waals surface area contributed by atoms with Crippen LogP contribution in [0.1, 0.15) is 159 Å². The number of esters is 3. The third-order valence-electron chi connectivity index (χ3n) is 10.8. The number of ether oxygens (including phenoxy) is 4. The van der Waals surface area contributed by atoms with Gasteiger partial charge in [0.25, 0.3) is 0 Å². The zero-order valence-corrected chi connectivity index (χ0v) is 36.3. The molecular formula is C54H61NO7. The van der Waals surface area contributed by atoms with Crippen molar-refractivity contribution in [2.24, 2.45) is 0 Å². The van der Waals surface area contributed by atoms with Crippen LogP contribution in [-0.2, 0) is 0 Å². The van der Waals surface area contributed by atoms with Crippen molar-refractivity contribution in [2.75, 3.05) is 6.61 Å². The molecule has 5 aromatic carbocycles. The smallest absolute Gasteiger partial charge is 0.343 e. The highest BCUT2D eigenvalue weighted by Crippen LogP contribution is 2.26. The van der Waals surface area contributed by atoms with Crippen LogP contribution in [0.2, 0.25) is 0 Å². The molecule has 0 saturated carbocycles. The molecule has 0 aliphatic heterocycles. The van der Waals surface area contributed by atoms with Gasteiger partial charge in [0.05, 0.1) is 34.9 Å². The number of hydrogen-bond donors (Lipinski definition) is 0. The molecule has 8 nitrogen and oxygen atoms in total. The van der Waals surface area contributed by atoms with Crippen molar-refractivity contribution in [3.8, 4) is 40.2 Å². The van der Waals surface area contributed by atoms with Crippen LogP contribution in [0, 0.1) is 11.3 Å². The van der Waals surface area contributed by atoms with E-state index >= 15 is 0 Å². The van der Waals surface area contributed by atoms with Gasteiger partial charge in [0, 0.05) is 0 Å². The van der Waals surface area contributed by atoms with E-state index in [1.807, 2.05) is 12.1 Å². The predicted octanol–water partition coefficient (Wildman–Crippen LogP) is 14.3. The largest absolute Gasteiger partial charge is 0.494 e. The zero-order chi connectivity index (χ0) is 43.6. The van der Waals surface area contributed by atoms with Crippen molar-refractivity contribution in [3.63, 3.8) is 0 Å². The van der Waals surface area contributed by atoms with E-state index in [0.29, 0.717) is 40.5 Å². The average molecular weight is 836 g/mol. The summed E-state index contributed by atoms with van der Waals surface area (Å²) in [7, 11) is 0.